The Balaban J connectivity index is 1.76. The first-order chi connectivity index (χ1) is 24.0. The Labute approximate surface area is 289 Å². The summed E-state index contributed by atoms with van der Waals surface area (Å²) in [6.07, 6.45) is 0.897. The van der Waals surface area contributed by atoms with Crippen LogP contribution in [0, 0.1) is 0 Å². The fourth-order valence-corrected chi connectivity index (χ4v) is 3.49. The molecular weight excluding hydrogens is 644 g/mol. The van der Waals surface area contributed by atoms with Crippen molar-refractivity contribution in [2.24, 2.45) is 21.7 Å². The second-order valence-electron chi connectivity index (χ2n) is 10.0. The number of ether oxygens (including phenoxy) is 9. The summed E-state index contributed by atoms with van der Waals surface area (Å²) in [6.45, 7) is 10.8. The van der Waals surface area contributed by atoms with E-state index < -0.39 is 0 Å². The van der Waals surface area contributed by atoms with Crippen molar-refractivity contribution in [3.05, 3.63) is 35.4 Å². The van der Waals surface area contributed by atoms with Gasteiger partial charge >= 0.3 is 0 Å². The minimum absolute atomic E-state index is 0.104. The monoisotopic (exact) mass is 700 g/mol. The maximum absolute atomic E-state index is 12.1. The van der Waals surface area contributed by atoms with E-state index in [0.717, 1.165) is 5.56 Å². The van der Waals surface area contributed by atoms with Crippen molar-refractivity contribution >= 4 is 24.0 Å². The molecule has 2 amide bonds. The highest BCUT2D eigenvalue weighted by molar-refractivity contribution is 5.97. The van der Waals surface area contributed by atoms with Gasteiger partial charge < -0.3 is 64.7 Å². The van der Waals surface area contributed by atoms with Gasteiger partial charge in [-0.05, 0) is 12.5 Å². The van der Waals surface area contributed by atoms with Gasteiger partial charge in [-0.2, -0.15) is 0 Å². The van der Waals surface area contributed by atoms with Crippen LogP contribution in [0.2, 0.25) is 0 Å². The lowest BCUT2D eigenvalue weighted by Gasteiger charge is -2.09. The zero-order valence-electron chi connectivity index (χ0n) is 28.8. The Bertz CT molecular complexity index is 998. The van der Waals surface area contributed by atoms with Crippen molar-refractivity contribution in [1.29, 1.82) is 0 Å². The summed E-state index contributed by atoms with van der Waals surface area (Å²) in [7, 11) is 0. The SMILES string of the molecule is C/C(N)=N/N=C(\N)c1ccc(CNC(=O)CCOCCOCCOCCOCCOCCOCCOCCOCCOCCNC=O)cc1. The third-order valence-electron chi connectivity index (χ3n) is 5.98. The number of nitrogens with two attached hydrogens (primary N) is 2. The van der Waals surface area contributed by atoms with E-state index in [1.807, 2.05) is 24.3 Å². The fourth-order valence-electron chi connectivity index (χ4n) is 3.49. The molecule has 0 aromatic heterocycles. The van der Waals surface area contributed by atoms with Crippen LogP contribution in [0.3, 0.4) is 0 Å². The van der Waals surface area contributed by atoms with Crippen LogP contribution in [0.5, 0.6) is 0 Å². The van der Waals surface area contributed by atoms with Crippen LogP contribution in [0.1, 0.15) is 24.5 Å². The van der Waals surface area contributed by atoms with Crippen molar-refractivity contribution in [3.63, 3.8) is 0 Å². The zero-order valence-corrected chi connectivity index (χ0v) is 28.8. The summed E-state index contributed by atoms with van der Waals surface area (Å²) in [5, 5.41) is 13.0. The first-order valence-corrected chi connectivity index (χ1v) is 16.4. The molecule has 1 rings (SSSR count). The Morgan fingerprint density at radius 3 is 1.39 bits per heavy atom. The summed E-state index contributed by atoms with van der Waals surface area (Å²) >= 11 is 0. The predicted molar refractivity (Wildman–Crippen MR) is 182 cm³/mol. The molecule has 0 bridgehead atoms. The number of carbonyl (C=O) groups excluding carboxylic acids is 2. The number of hydrogen-bond acceptors (Lipinski definition) is 13. The van der Waals surface area contributed by atoms with E-state index in [2.05, 4.69) is 20.8 Å². The van der Waals surface area contributed by atoms with Crippen LogP contribution in [-0.2, 0) is 58.8 Å². The van der Waals surface area contributed by atoms with E-state index in [9.17, 15) is 9.59 Å². The molecule has 17 heteroatoms. The van der Waals surface area contributed by atoms with E-state index in [-0.39, 0.29) is 18.2 Å². The molecule has 0 fully saturated rings. The Hall–Kier alpha value is -3.26. The van der Waals surface area contributed by atoms with E-state index in [1.54, 1.807) is 6.92 Å². The van der Waals surface area contributed by atoms with E-state index in [4.69, 9.17) is 54.1 Å². The number of carbonyl (C=O) groups is 2. The van der Waals surface area contributed by atoms with Crippen LogP contribution in [0.25, 0.3) is 0 Å². The molecule has 0 aliphatic rings. The molecule has 0 radical (unpaired) electrons. The third-order valence-corrected chi connectivity index (χ3v) is 5.98. The molecule has 0 saturated heterocycles. The number of benzene rings is 1. The molecule has 0 spiro atoms. The van der Waals surface area contributed by atoms with Crippen LogP contribution >= 0.6 is 0 Å². The largest absolute Gasteiger partial charge is 0.386 e. The number of hydrogen-bond donors (Lipinski definition) is 4. The minimum atomic E-state index is -0.104. The fraction of sp³-hybridized carbons (Fsp3) is 0.688. The summed E-state index contributed by atoms with van der Waals surface area (Å²) in [4.78, 5) is 22.1. The Morgan fingerprint density at radius 1 is 0.612 bits per heavy atom. The number of rotatable bonds is 35. The van der Waals surface area contributed by atoms with Crippen molar-refractivity contribution in [2.75, 3.05) is 125 Å². The molecule has 0 heterocycles. The normalized spacial score (nSPS) is 11.9. The van der Waals surface area contributed by atoms with Crippen molar-refractivity contribution in [2.45, 2.75) is 19.9 Å². The second kappa shape index (κ2) is 33.2. The topological polar surface area (TPSA) is 218 Å². The van der Waals surface area contributed by atoms with Gasteiger partial charge in [0.15, 0.2) is 5.84 Å². The number of amides is 2. The van der Waals surface area contributed by atoms with E-state index in [1.165, 1.54) is 0 Å². The zero-order chi connectivity index (χ0) is 35.5. The number of nitrogens with one attached hydrogen (secondary N) is 2. The van der Waals surface area contributed by atoms with Gasteiger partial charge in [0.2, 0.25) is 12.3 Å². The van der Waals surface area contributed by atoms with Crippen LogP contribution in [0.4, 0.5) is 0 Å². The highest BCUT2D eigenvalue weighted by atomic mass is 16.6. The van der Waals surface area contributed by atoms with Gasteiger partial charge in [-0.15, -0.1) is 10.2 Å². The number of nitrogens with zero attached hydrogens (tertiary/aromatic N) is 2. The average Bonchev–Trinajstić information content (AvgIpc) is 3.10. The van der Waals surface area contributed by atoms with Crippen LogP contribution < -0.4 is 22.1 Å². The van der Waals surface area contributed by atoms with Crippen LogP contribution in [0.15, 0.2) is 34.5 Å². The van der Waals surface area contributed by atoms with Crippen molar-refractivity contribution in [1.82, 2.24) is 10.6 Å². The van der Waals surface area contributed by atoms with Gasteiger partial charge in [-0.3, -0.25) is 9.59 Å². The molecular formula is C32H56N6O11. The van der Waals surface area contributed by atoms with Crippen molar-refractivity contribution in [3.8, 4) is 0 Å². The molecule has 6 N–H and O–H groups in total. The lowest BCUT2D eigenvalue weighted by Crippen LogP contribution is -2.24. The first-order valence-electron chi connectivity index (χ1n) is 16.4. The average molecular weight is 701 g/mol. The van der Waals surface area contributed by atoms with Gasteiger partial charge in [0, 0.05) is 25.1 Å². The molecule has 0 aliphatic carbocycles. The molecule has 0 atom stereocenters. The van der Waals surface area contributed by atoms with Gasteiger partial charge in [0.1, 0.15) is 5.84 Å². The summed E-state index contributed by atoms with van der Waals surface area (Å²) in [5.41, 5.74) is 13.0. The quantitative estimate of drug-likeness (QED) is 0.0233. The van der Waals surface area contributed by atoms with Gasteiger partial charge in [-0.25, -0.2) is 0 Å². The summed E-state index contributed by atoms with van der Waals surface area (Å²) in [6, 6.07) is 7.33. The Kier molecular flexibility index (Phi) is 29.7. The Morgan fingerprint density at radius 2 is 1.00 bits per heavy atom. The molecule has 0 saturated carbocycles. The highest BCUT2D eigenvalue weighted by Crippen LogP contribution is 2.05. The predicted octanol–water partition coefficient (Wildman–Crippen LogP) is -0.414. The van der Waals surface area contributed by atoms with Gasteiger partial charge in [0.05, 0.1) is 119 Å². The summed E-state index contributed by atoms with van der Waals surface area (Å²) < 4.78 is 48.8. The molecule has 1 aromatic rings. The van der Waals surface area contributed by atoms with E-state index in [0.29, 0.717) is 150 Å². The maximum atomic E-state index is 12.1. The molecule has 0 aliphatic heterocycles. The molecule has 1 aromatic carbocycles. The number of amidine groups is 2. The first kappa shape index (κ1) is 43.8. The standard InChI is InChI=1S/C32H56N6O11/c1-28(33)37-38-32(34)30-4-2-29(3-5-30)26-36-31(40)6-8-41-10-12-43-14-16-45-18-20-47-22-24-49-25-23-48-21-19-46-17-15-44-13-11-42-9-7-35-27-39/h2-5,27H,6-26H2,1H3,(H2,33,37)(H2,34,38)(H,35,39)(H,36,40). The molecule has 280 valence electrons. The molecule has 49 heavy (non-hydrogen) atoms. The lowest BCUT2D eigenvalue weighted by molar-refractivity contribution is -0.122. The summed E-state index contributed by atoms with van der Waals surface area (Å²) in [5.74, 6) is 0.477. The highest BCUT2D eigenvalue weighted by Gasteiger charge is 2.04. The molecule has 17 nitrogen and oxygen atoms in total. The van der Waals surface area contributed by atoms with Gasteiger partial charge in [-0.1, -0.05) is 24.3 Å². The molecule has 0 unspecified atom stereocenters. The van der Waals surface area contributed by atoms with Gasteiger partial charge in [0.25, 0.3) is 0 Å². The van der Waals surface area contributed by atoms with E-state index >= 15 is 0 Å². The maximum Gasteiger partial charge on any atom is 0.222 e. The minimum Gasteiger partial charge on any atom is -0.386 e. The van der Waals surface area contributed by atoms with Crippen molar-refractivity contribution < 1.29 is 52.2 Å². The third kappa shape index (κ3) is 29.4. The van der Waals surface area contributed by atoms with Crippen LogP contribution in [-0.4, -0.2) is 149 Å². The lowest BCUT2D eigenvalue weighted by atomic mass is 10.1. The smallest absolute Gasteiger partial charge is 0.222 e. The second-order valence-corrected chi connectivity index (χ2v) is 10.0.